The molecule has 1 aromatic heterocycles. The molecule has 2 aromatic carbocycles. The molecule has 0 saturated heterocycles. The number of hydrogen-bond acceptors (Lipinski definition) is 3. The van der Waals surface area contributed by atoms with Gasteiger partial charge in [0.2, 0.25) is 0 Å². The molecular formula is C21H17NO3. The molecule has 0 saturated carbocycles. The van der Waals surface area contributed by atoms with E-state index in [4.69, 9.17) is 4.74 Å². The molecule has 0 spiro atoms. The first kappa shape index (κ1) is 15.4. The number of nitrogens with zero attached hydrogens (tertiary/aromatic N) is 1. The summed E-state index contributed by atoms with van der Waals surface area (Å²) in [6.45, 7) is 1.99. The Balaban J connectivity index is 1.82. The maximum absolute atomic E-state index is 13.0. The average molecular weight is 331 g/mol. The summed E-state index contributed by atoms with van der Waals surface area (Å²) in [5, 5.41) is 0. The fraction of sp³-hybridized carbons (Fsp3) is 0.143. The maximum atomic E-state index is 13.0. The maximum Gasteiger partial charge on any atom is 0.262 e. The van der Waals surface area contributed by atoms with Crippen LogP contribution in [0.3, 0.4) is 0 Å². The molecule has 0 radical (unpaired) electrons. The normalized spacial score (nSPS) is 15.5. The largest absolute Gasteiger partial charge is 0.484 e. The van der Waals surface area contributed by atoms with Crippen molar-refractivity contribution in [2.24, 2.45) is 0 Å². The highest BCUT2D eigenvalue weighted by Gasteiger charge is 2.30. The van der Waals surface area contributed by atoms with E-state index in [0.717, 1.165) is 23.1 Å². The Morgan fingerprint density at radius 2 is 1.80 bits per heavy atom. The van der Waals surface area contributed by atoms with Crippen LogP contribution in [0.4, 0.5) is 0 Å². The third-order valence-corrected chi connectivity index (χ3v) is 4.54. The average Bonchev–Trinajstić information content (AvgIpc) is 3.10. The van der Waals surface area contributed by atoms with Crippen molar-refractivity contribution in [3.8, 4) is 11.4 Å². The fourth-order valence-corrected chi connectivity index (χ4v) is 3.20. The number of carbonyl (C=O) groups is 1. The van der Waals surface area contributed by atoms with Crippen LogP contribution in [0.5, 0.6) is 5.75 Å². The Labute approximate surface area is 145 Å². The SMILES string of the molecule is Cc1ccc(-n2cc(C=O)c3c(c2=O)CC(c2ccccc2)O3)cc1. The number of aryl methyl sites for hydroxylation is 1. The minimum absolute atomic E-state index is 0.136. The smallest absolute Gasteiger partial charge is 0.262 e. The van der Waals surface area contributed by atoms with Gasteiger partial charge >= 0.3 is 0 Å². The molecule has 0 N–H and O–H groups in total. The molecule has 0 fully saturated rings. The van der Waals surface area contributed by atoms with Crippen molar-refractivity contribution in [2.75, 3.05) is 0 Å². The van der Waals surface area contributed by atoms with E-state index < -0.39 is 0 Å². The van der Waals surface area contributed by atoms with Gasteiger partial charge in [0.1, 0.15) is 11.9 Å². The topological polar surface area (TPSA) is 48.3 Å². The van der Waals surface area contributed by atoms with Gasteiger partial charge in [-0.05, 0) is 24.6 Å². The standard InChI is InChI=1S/C21H17NO3/c1-14-7-9-17(10-8-14)22-12-16(13-23)20-18(21(22)24)11-19(25-20)15-5-3-2-4-6-15/h2-10,12-13,19H,11H2,1H3. The van der Waals surface area contributed by atoms with Gasteiger partial charge in [0.25, 0.3) is 5.56 Å². The zero-order chi connectivity index (χ0) is 17.4. The molecule has 0 bridgehead atoms. The van der Waals surface area contributed by atoms with E-state index in [1.54, 1.807) is 6.20 Å². The van der Waals surface area contributed by atoms with E-state index >= 15 is 0 Å². The molecule has 2 heterocycles. The van der Waals surface area contributed by atoms with Crippen LogP contribution in [0.2, 0.25) is 0 Å². The number of hydrogen-bond donors (Lipinski definition) is 0. The van der Waals surface area contributed by atoms with Crippen molar-refractivity contribution in [1.29, 1.82) is 0 Å². The fourth-order valence-electron chi connectivity index (χ4n) is 3.20. The van der Waals surface area contributed by atoms with Crippen LogP contribution in [0, 0.1) is 6.92 Å². The van der Waals surface area contributed by atoms with E-state index in [2.05, 4.69) is 0 Å². The highest BCUT2D eigenvalue weighted by molar-refractivity contribution is 5.80. The van der Waals surface area contributed by atoms with Crippen LogP contribution in [0.25, 0.3) is 5.69 Å². The van der Waals surface area contributed by atoms with Crippen LogP contribution in [-0.4, -0.2) is 10.9 Å². The van der Waals surface area contributed by atoms with Gasteiger partial charge in [-0.2, -0.15) is 0 Å². The van der Waals surface area contributed by atoms with Gasteiger partial charge < -0.3 is 4.74 Å². The lowest BCUT2D eigenvalue weighted by Crippen LogP contribution is -2.22. The van der Waals surface area contributed by atoms with Crippen LogP contribution in [0.15, 0.2) is 65.6 Å². The van der Waals surface area contributed by atoms with Crippen molar-refractivity contribution >= 4 is 6.29 Å². The summed E-state index contributed by atoms with van der Waals surface area (Å²) >= 11 is 0. The molecule has 4 heteroatoms. The van der Waals surface area contributed by atoms with E-state index in [1.165, 1.54) is 4.57 Å². The summed E-state index contributed by atoms with van der Waals surface area (Å²) in [7, 11) is 0. The molecule has 1 unspecified atom stereocenters. The van der Waals surface area contributed by atoms with Crippen molar-refractivity contribution in [3.63, 3.8) is 0 Å². The number of rotatable bonds is 3. The number of ether oxygens (including phenoxy) is 1. The highest BCUT2D eigenvalue weighted by Crippen LogP contribution is 2.37. The van der Waals surface area contributed by atoms with Gasteiger partial charge in [0.15, 0.2) is 6.29 Å². The monoisotopic (exact) mass is 331 g/mol. The van der Waals surface area contributed by atoms with Crippen LogP contribution < -0.4 is 10.3 Å². The zero-order valence-corrected chi connectivity index (χ0v) is 13.8. The summed E-state index contributed by atoms with van der Waals surface area (Å²) in [6.07, 6.45) is 2.53. The number of carbonyl (C=O) groups excluding carboxylic acids is 1. The molecule has 3 aromatic rings. The lowest BCUT2D eigenvalue weighted by Gasteiger charge is -2.12. The Morgan fingerprint density at radius 1 is 1.08 bits per heavy atom. The number of aromatic nitrogens is 1. The Kier molecular flexibility index (Phi) is 3.73. The first-order valence-corrected chi connectivity index (χ1v) is 8.19. The van der Waals surface area contributed by atoms with E-state index in [0.29, 0.717) is 23.3 Å². The molecule has 4 rings (SSSR count). The second-order valence-corrected chi connectivity index (χ2v) is 6.24. The third-order valence-electron chi connectivity index (χ3n) is 4.54. The first-order chi connectivity index (χ1) is 12.2. The quantitative estimate of drug-likeness (QED) is 0.689. The number of pyridine rings is 1. The predicted molar refractivity (Wildman–Crippen MR) is 95.7 cm³/mol. The minimum Gasteiger partial charge on any atom is -0.484 e. The van der Waals surface area contributed by atoms with Crippen molar-refractivity contribution in [3.05, 3.63) is 93.4 Å². The van der Waals surface area contributed by atoms with Crippen LogP contribution in [-0.2, 0) is 6.42 Å². The summed E-state index contributed by atoms with van der Waals surface area (Å²) in [4.78, 5) is 24.5. The molecule has 1 atom stereocenters. The third kappa shape index (κ3) is 2.66. The van der Waals surface area contributed by atoms with Gasteiger partial charge in [-0.3, -0.25) is 14.2 Å². The Bertz CT molecular complexity index is 988. The minimum atomic E-state index is -0.239. The van der Waals surface area contributed by atoms with Crippen molar-refractivity contribution in [2.45, 2.75) is 19.4 Å². The summed E-state index contributed by atoms with van der Waals surface area (Å²) < 4.78 is 7.49. The van der Waals surface area contributed by atoms with Crippen molar-refractivity contribution < 1.29 is 9.53 Å². The molecule has 25 heavy (non-hydrogen) atoms. The summed E-state index contributed by atoms with van der Waals surface area (Å²) in [6, 6.07) is 17.4. The Hall–Kier alpha value is -3.14. The predicted octanol–water partition coefficient (Wildman–Crippen LogP) is 3.63. The zero-order valence-electron chi connectivity index (χ0n) is 13.8. The Morgan fingerprint density at radius 3 is 2.48 bits per heavy atom. The van der Waals surface area contributed by atoms with Gasteiger partial charge in [-0.15, -0.1) is 0 Å². The van der Waals surface area contributed by atoms with Gasteiger partial charge in [0.05, 0.1) is 11.1 Å². The van der Waals surface area contributed by atoms with E-state index in [-0.39, 0.29) is 11.7 Å². The highest BCUT2D eigenvalue weighted by atomic mass is 16.5. The lowest BCUT2D eigenvalue weighted by molar-refractivity contribution is 0.111. The molecule has 1 aliphatic rings. The molecule has 0 aliphatic carbocycles. The van der Waals surface area contributed by atoms with Gasteiger partial charge in [-0.25, -0.2) is 0 Å². The van der Waals surface area contributed by atoms with Crippen LogP contribution in [0.1, 0.15) is 33.2 Å². The second kappa shape index (κ2) is 6.06. The number of aldehydes is 1. The molecule has 0 amide bonds. The summed E-state index contributed by atoms with van der Waals surface area (Å²) in [5.41, 5.74) is 3.66. The van der Waals surface area contributed by atoms with Crippen LogP contribution >= 0.6 is 0 Å². The molecule has 4 nitrogen and oxygen atoms in total. The first-order valence-electron chi connectivity index (χ1n) is 8.19. The molecule has 1 aliphatic heterocycles. The number of benzene rings is 2. The summed E-state index contributed by atoms with van der Waals surface area (Å²) in [5.74, 6) is 0.414. The van der Waals surface area contributed by atoms with Gasteiger partial charge in [-0.1, -0.05) is 48.0 Å². The molecular weight excluding hydrogens is 314 g/mol. The van der Waals surface area contributed by atoms with Crippen molar-refractivity contribution in [1.82, 2.24) is 4.57 Å². The molecule has 124 valence electrons. The second-order valence-electron chi connectivity index (χ2n) is 6.24. The van der Waals surface area contributed by atoms with E-state index in [9.17, 15) is 9.59 Å². The lowest BCUT2D eigenvalue weighted by atomic mass is 10.0. The van der Waals surface area contributed by atoms with Gasteiger partial charge in [0, 0.05) is 18.3 Å². The number of fused-ring (bicyclic) bond motifs is 1. The van der Waals surface area contributed by atoms with E-state index in [1.807, 2.05) is 61.5 Å².